The van der Waals surface area contributed by atoms with E-state index in [4.69, 9.17) is 14.2 Å². The number of carbonyl (C=O) groups excluding carboxylic acids is 2. The number of allylic oxidation sites excluding steroid dienone is 1. The summed E-state index contributed by atoms with van der Waals surface area (Å²) in [6.07, 6.45) is 1.07. The van der Waals surface area contributed by atoms with E-state index in [0.717, 1.165) is 0 Å². The Morgan fingerprint density at radius 1 is 1.11 bits per heavy atom. The van der Waals surface area contributed by atoms with Gasteiger partial charge in [0.15, 0.2) is 5.76 Å². The molecule has 7 heteroatoms. The van der Waals surface area contributed by atoms with Gasteiger partial charge in [-0.3, -0.25) is 4.79 Å². The Labute approximate surface area is 154 Å². The highest BCUT2D eigenvalue weighted by molar-refractivity contribution is 6.14. The molecular weight excluding hydrogens is 353 g/mol. The molecule has 0 aliphatic carbocycles. The van der Waals surface area contributed by atoms with Gasteiger partial charge in [-0.05, 0) is 35.9 Å². The minimum atomic E-state index is -0.468. The number of rotatable bonds is 2. The molecule has 0 atom stereocenters. The number of Topliss-reactive ketones (excluding diaryl/α,β-unsaturated/α-hetero) is 1. The van der Waals surface area contributed by atoms with E-state index >= 15 is 0 Å². The van der Waals surface area contributed by atoms with Gasteiger partial charge in [-0.25, -0.2) is 9.18 Å². The molecule has 2 aromatic rings. The van der Waals surface area contributed by atoms with E-state index in [-0.39, 0.29) is 17.4 Å². The Morgan fingerprint density at radius 3 is 2.59 bits per heavy atom. The molecule has 0 saturated carbocycles. The smallest absolute Gasteiger partial charge is 0.415 e. The van der Waals surface area contributed by atoms with Crippen molar-refractivity contribution in [2.45, 2.75) is 0 Å². The molecule has 0 N–H and O–H groups in total. The molecule has 2 heterocycles. The monoisotopic (exact) mass is 369 g/mol. The van der Waals surface area contributed by atoms with Crippen molar-refractivity contribution in [1.82, 2.24) is 4.90 Å². The van der Waals surface area contributed by atoms with E-state index in [2.05, 4.69) is 0 Å². The first-order valence-electron chi connectivity index (χ1n) is 8.48. The van der Waals surface area contributed by atoms with Gasteiger partial charge in [0.2, 0.25) is 5.78 Å². The average Bonchev–Trinajstić information content (AvgIpc) is 2.99. The van der Waals surface area contributed by atoms with Crippen LogP contribution in [0.25, 0.3) is 6.08 Å². The number of nitrogens with zero attached hydrogens (tertiary/aromatic N) is 1. The van der Waals surface area contributed by atoms with Crippen LogP contribution in [0.5, 0.6) is 11.5 Å². The largest absolute Gasteiger partial charge is 0.452 e. The van der Waals surface area contributed by atoms with Gasteiger partial charge in [0, 0.05) is 19.2 Å². The SMILES string of the molecule is O=C1/C(=C/c2ccc(F)cc2)Oc2cc(OC(=O)N3CCOCC3)ccc21. The number of amides is 1. The molecule has 1 amide bonds. The Bertz CT molecular complexity index is 916. The second-order valence-electron chi connectivity index (χ2n) is 6.12. The zero-order valence-corrected chi connectivity index (χ0v) is 14.3. The second kappa shape index (κ2) is 7.20. The summed E-state index contributed by atoms with van der Waals surface area (Å²) in [7, 11) is 0. The highest BCUT2D eigenvalue weighted by atomic mass is 19.1. The zero-order valence-electron chi connectivity index (χ0n) is 14.3. The summed E-state index contributed by atoms with van der Waals surface area (Å²) in [5, 5.41) is 0. The van der Waals surface area contributed by atoms with Crippen molar-refractivity contribution in [3.05, 3.63) is 65.2 Å². The molecule has 2 aromatic carbocycles. The van der Waals surface area contributed by atoms with Crippen molar-refractivity contribution in [3.63, 3.8) is 0 Å². The van der Waals surface area contributed by atoms with Crippen LogP contribution in [0.4, 0.5) is 9.18 Å². The van der Waals surface area contributed by atoms with Crippen molar-refractivity contribution in [2.24, 2.45) is 0 Å². The number of halogens is 1. The molecule has 0 radical (unpaired) electrons. The minimum absolute atomic E-state index is 0.133. The number of benzene rings is 2. The van der Waals surface area contributed by atoms with Gasteiger partial charge < -0.3 is 19.1 Å². The third-order valence-corrected chi connectivity index (χ3v) is 4.28. The van der Waals surface area contributed by atoms with Crippen molar-refractivity contribution in [1.29, 1.82) is 0 Å². The van der Waals surface area contributed by atoms with Gasteiger partial charge in [0.25, 0.3) is 0 Å². The van der Waals surface area contributed by atoms with Crippen molar-refractivity contribution in [3.8, 4) is 11.5 Å². The lowest BCUT2D eigenvalue weighted by atomic mass is 10.1. The Hall–Kier alpha value is -3.19. The molecule has 27 heavy (non-hydrogen) atoms. The van der Waals surface area contributed by atoms with Crippen LogP contribution < -0.4 is 9.47 Å². The van der Waals surface area contributed by atoms with Crippen LogP contribution in [0.1, 0.15) is 15.9 Å². The van der Waals surface area contributed by atoms with Gasteiger partial charge in [0.1, 0.15) is 17.3 Å². The highest BCUT2D eigenvalue weighted by Crippen LogP contribution is 2.35. The van der Waals surface area contributed by atoms with E-state index < -0.39 is 6.09 Å². The molecule has 1 fully saturated rings. The van der Waals surface area contributed by atoms with Gasteiger partial charge >= 0.3 is 6.09 Å². The van der Waals surface area contributed by atoms with E-state index in [0.29, 0.717) is 48.9 Å². The predicted octanol–water partition coefficient (Wildman–Crippen LogP) is 3.27. The molecule has 2 aliphatic heterocycles. The third-order valence-electron chi connectivity index (χ3n) is 4.28. The van der Waals surface area contributed by atoms with Crippen LogP contribution in [0, 0.1) is 5.82 Å². The van der Waals surface area contributed by atoms with E-state index in [1.165, 1.54) is 18.2 Å². The molecule has 138 valence electrons. The summed E-state index contributed by atoms with van der Waals surface area (Å²) in [4.78, 5) is 26.2. The first-order valence-corrected chi connectivity index (χ1v) is 8.48. The van der Waals surface area contributed by atoms with Crippen LogP contribution in [-0.4, -0.2) is 43.1 Å². The van der Waals surface area contributed by atoms with Gasteiger partial charge in [-0.1, -0.05) is 12.1 Å². The quantitative estimate of drug-likeness (QED) is 0.760. The van der Waals surface area contributed by atoms with Crippen LogP contribution >= 0.6 is 0 Å². The van der Waals surface area contributed by atoms with E-state index in [1.54, 1.807) is 35.2 Å². The number of hydrogen-bond donors (Lipinski definition) is 0. The molecule has 4 rings (SSSR count). The molecule has 0 spiro atoms. The lowest BCUT2D eigenvalue weighted by Gasteiger charge is -2.25. The lowest BCUT2D eigenvalue weighted by Crippen LogP contribution is -2.42. The van der Waals surface area contributed by atoms with Gasteiger partial charge in [-0.2, -0.15) is 0 Å². The van der Waals surface area contributed by atoms with E-state index in [1.807, 2.05) is 0 Å². The number of ketones is 1. The van der Waals surface area contributed by atoms with Crippen LogP contribution in [0.3, 0.4) is 0 Å². The minimum Gasteiger partial charge on any atom is -0.452 e. The molecule has 0 unspecified atom stereocenters. The Kier molecular flexibility index (Phi) is 4.60. The first kappa shape index (κ1) is 17.2. The number of fused-ring (bicyclic) bond motifs is 1. The first-order chi connectivity index (χ1) is 13.1. The Balaban J connectivity index is 1.50. The zero-order chi connectivity index (χ0) is 18.8. The fourth-order valence-electron chi connectivity index (χ4n) is 2.85. The fourth-order valence-corrected chi connectivity index (χ4v) is 2.85. The van der Waals surface area contributed by atoms with Crippen molar-refractivity contribution < 1.29 is 28.2 Å². The normalized spacial score (nSPS) is 17.6. The summed E-state index contributed by atoms with van der Waals surface area (Å²) in [5.41, 5.74) is 1.03. The third kappa shape index (κ3) is 3.68. The second-order valence-corrected chi connectivity index (χ2v) is 6.12. The van der Waals surface area contributed by atoms with Crippen LogP contribution in [0.15, 0.2) is 48.2 Å². The molecule has 1 saturated heterocycles. The van der Waals surface area contributed by atoms with Gasteiger partial charge in [0.05, 0.1) is 18.8 Å². The lowest BCUT2D eigenvalue weighted by molar-refractivity contribution is 0.0416. The molecule has 6 nitrogen and oxygen atoms in total. The summed E-state index contributed by atoms with van der Waals surface area (Å²) >= 11 is 0. The summed E-state index contributed by atoms with van der Waals surface area (Å²) in [6.45, 7) is 1.91. The number of hydrogen-bond acceptors (Lipinski definition) is 5. The molecular formula is C20H16FNO5. The van der Waals surface area contributed by atoms with Crippen LogP contribution in [-0.2, 0) is 4.74 Å². The summed E-state index contributed by atoms with van der Waals surface area (Å²) in [5.74, 6) is 0.112. The Morgan fingerprint density at radius 2 is 1.85 bits per heavy atom. The maximum absolute atomic E-state index is 13.0. The number of morpholine rings is 1. The maximum Gasteiger partial charge on any atom is 0.415 e. The van der Waals surface area contributed by atoms with Gasteiger partial charge in [-0.15, -0.1) is 0 Å². The molecule has 2 aliphatic rings. The van der Waals surface area contributed by atoms with Crippen molar-refractivity contribution in [2.75, 3.05) is 26.3 Å². The number of ether oxygens (including phenoxy) is 3. The summed E-state index contributed by atoms with van der Waals surface area (Å²) < 4.78 is 29.2. The fraction of sp³-hybridized carbons (Fsp3) is 0.200. The van der Waals surface area contributed by atoms with Crippen LogP contribution in [0.2, 0.25) is 0 Å². The van der Waals surface area contributed by atoms with E-state index in [9.17, 15) is 14.0 Å². The summed E-state index contributed by atoms with van der Waals surface area (Å²) in [6, 6.07) is 10.3. The highest BCUT2D eigenvalue weighted by Gasteiger charge is 2.28. The van der Waals surface area contributed by atoms with Crippen molar-refractivity contribution >= 4 is 18.0 Å². The molecule has 0 bridgehead atoms. The number of carbonyl (C=O) groups is 2. The topological polar surface area (TPSA) is 65.1 Å². The average molecular weight is 369 g/mol. The predicted molar refractivity (Wildman–Crippen MR) is 94.2 cm³/mol. The maximum atomic E-state index is 13.0. The molecule has 0 aromatic heterocycles. The standard InChI is InChI=1S/C20H16FNO5/c21-14-3-1-13(2-4-14)11-18-19(23)16-6-5-15(12-17(16)27-18)26-20(24)22-7-9-25-10-8-22/h1-6,11-12H,7-10H2/b18-11-.